The first-order valence-electron chi connectivity index (χ1n) is 13.0. The normalized spacial score (nSPS) is 19.5. The lowest BCUT2D eigenvalue weighted by Crippen LogP contribution is -2.63. The van der Waals surface area contributed by atoms with Crippen molar-refractivity contribution in [1.82, 2.24) is 24.7 Å². The third-order valence-electron chi connectivity index (χ3n) is 7.37. The van der Waals surface area contributed by atoms with Crippen molar-refractivity contribution in [3.05, 3.63) is 54.4 Å². The number of hydrogen-bond donors (Lipinski definition) is 2. The van der Waals surface area contributed by atoms with Crippen LogP contribution in [-0.4, -0.2) is 57.9 Å². The Labute approximate surface area is 226 Å². The molecule has 1 aliphatic heterocycles. The number of nitrogens with zero attached hydrogens (tertiary/aromatic N) is 6. The van der Waals surface area contributed by atoms with E-state index in [0.717, 1.165) is 29.4 Å². The van der Waals surface area contributed by atoms with Crippen molar-refractivity contribution < 1.29 is 12.8 Å². The van der Waals surface area contributed by atoms with Gasteiger partial charge < -0.3 is 16.0 Å². The summed E-state index contributed by atoms with van der Waals surface area (Å²) in [5.41, 5.74) is 8.36. The SMILES string of the molecule is CC(C)c1cc(F)c(N2C[C@H](CS(C)(=O)=O)[C@H]2N)c2cnc(Nc3ccnc(-c4cnn(C5CC5)c4)n3)cc12. The summed E-state index contributed by atoms with van der Waals surface area (Å²) in [6.07, 6.45) is 9.96. The quantitative estimate of drug-likeness (QED) is 0.334. The molecular formula is C27H31FN8O2S. The molecule has 204 valence electrons. The van der Waals surface area contributed by atoms with Gasteiger partial charge in [0.05, 0.1) is 35.4 Å². The van der Waals surface area contributed by atoms with Gasteiger partial charge in [-0.05, 0) is 47.9 Å². The van der Waals surface area contributed by atoms with Crippen LogP contribution in [0, 0.1) is 11.7 Å². The number of fused-ring (bicyclic) bond motifs is 1. The van der Waals surface area contributed by atoms with E-state index in [-0.39, 0.29) is 17.6 Å². The Morgan fingerprint density at radius 3 is 2.64 bits per heavy atom. The molecule has 4 heterocycles. The van der Waals surface area contributed by atoms with Crippen LogP contribution in [0.3, 0.4) is 0 Å². The molecule has 1 saturated heterocycles. The summed E-state index contributed by atoms with van der Waals surface area (Å²) in [6.45, 7) is 4.39. The maximum Gasteiger partial charge on any atom is 0.164 e. The molecule has 39 heavy (non-hydrogen) atoms. The summed E-state index contributed by atoms with van der Waals surface area (Å²) in [5.74, 6) is 1.09. The molecule has 1 aromatic carbocycles. The number of benzene rings is 1. The first-order valence-corrected chi connectivity index (χ1v) is 15.1. The van der Waals surface area contributed by atoms with E-state index in [4.69, 9.17) is 5.73 Å². The molecule has 3 aromatic heterocycles. The Kier molecular flexibility index (Phi) is 6.26. The predicted molar refractivity (Wildman–Crippen MR) is 149 cm³/mol. The zero-order chi connectivity index (χ0) is 27.5. The van der Waals surface area contributed by atoms with E-state index in [1.165, 1.54) is 6.26 Å². The number of hydrogen-bond acceptors (Lipinski definition) is 9. The van der Waals surface area contributed by atoms with E-state index in [2.05, 4.69) is 25.4 Å². The number of nitrogens with two attached hydrogens (primary N) is 1. The monoisotopic (exact) mass is 550 g/mol. The predicted octanol–water partition coefficient (Wildman–Crippen LogP) is 3.99. The Balaban J connectivity index is 1.31. The topological polar surface area (TPSA) is 132 Å². The molecule has 0 unspecified atom stereocenters. The van der Waals surface area contributed by atoms with Crippen LogP contribution >= 0.6 is 0 Å². The lowest BCUT2D eigenvalue weighted by molar-refractivity contribution is 0.324. The summed E-state index contributed by atoms with van der Waals surface area (Å²) >= 11 is 0. The van der Waals surface area contributed by atoms with Gasteiger partial charge in [-0.2, -0.15) is 5.10 Å². The number of rotatable bonds is 8. The third kappa shape index (κ3) is 5.06. The fourth-order valence-electron chi connectivity index (χ4n) is 5.20. The second kappa shape index (κ2) is 9.53. The average molecular weight is 551 g/mol. The van der Waals surface area contributed by atoms with Gasteiger partial charge in [0.2, 0.25) is 0 Å². The van der Waals surface area contributed by atoms with Crippen molar-refractivity contribution >= 4 is 37.9 Å². The lowest BCUT2D eigenvalue weighted by Gasteiger charge is -2.47. The molecule has 6 rings (SSSR count). The molecule has 1 saturated carbocycles. The van der Waals surface area contributed by atoms with Crippen molar-refractivity contribution in [2.45, 2.75) is 44.8 Å². The third-order valence-corrected chi connectivity index (χ3v) is 8.40. The van der Waals surface area contributed by atoms with Crippen LogP contribution in [0.1, 0.15) is 44.2 Å². The molecule has 0 bridgehead atoms. The van der Waals surface area contributed by atoms with E-state index in [1.54, 1.807) is 35.6 Å². The summed E-state index contributed by atoms with van der Waals surface area (Å²) in [7, 11) is -3.19. The van der Waals surface area contributed by atoms with Crippen molar-refractivity contribution in [2.24, 2.45) is 11.7 Å². The van der Waals surface area contributed by atoms with Gasteiger partial charge in [0, 0.05) is 42.7 Å². The standard InChI is InChI=1S/C27H31FN8O2S/c1-15(2)19-8-22(28)25(35-12-17(26(35)29)14-39(3,37)38)21-11-31-24(9-20(19)21)33-23-6-7-30-27(34-23)16-10-32-36(13-16)18-4-5-18/h6-11,13,15,17-18,26H,4-5,12,14,29H2,1-3H3,(H,30,31,33,34)/t17-,26+/m1/s1. The molecule has 3 N–H and O–H groups in total. The Bertz CT molecular complexity index is 1670. The fraction of sp³-hybridized carbons (Fsp3) is 0.407. The number of anilines is 3. The highest BCUT2D eigenvalue weighted by molar-refractivity contribution is 7.90. The largest absolute Gasteiger partial charge is 0.352 e. The molecule has 2 atom stereocenters. The van der Waals surface area contributed by atoms with Crippen LogP contribution in [0.4, 0.5) is 21.7 Å². The summed E-state index contributed by atoms with van der Waals surface area (Å²) in [4.78, 5) is 15.3. The zero-order valence-corrected chi connectivity index (χ0v) is 22.9. The van der Waals surface area contributed by atoms with Crippen LogP contribution in [0.15, 0.2) is 43.0 Å². The first kappa shape index (κ1) is 25.6. The van der Waals surface area contributed by atoms with Gasteiger partial charge in [0.25, 0.3) is 0 Å². The van der Waals surface area contributed by atoms with Gasteiger partial charge in [0.1, 0.15) is 27.3 Å². The van der Waals surface area contributed by atoms with Crippen LogP contribution in [0.5, 0.6) is 0 Å². The lowest BCUT2D eigenvalue weighted by atomic mass is 9.91. The number of pyridine rings is 1. The Morgan fingerprint density at radius 1 is 1.15 bits per heavy atom. The molecule has 2 fully saturated rings. The van der Waals surface area contributed by atoms with Crippen molar-refractivity contribution in [3.63, 3.8) is 0 Å². The highest BCUT2D eigenvalue weighted by Crippen LogP contribution is 2.40. The zero-order valence-electron chi connectivity index (χ0n) is 22.0. The summed E-state index contributed by atoms with van der Waals surface area (Å²) < 4.78 is 41.0. The molecule has 2 aliphatic rings. The van der Waals surface area contributed by atoms with Crippen LogP contribution in [0.2, 0.25) is 0 Å². The van der Waals surface area contributed by atoms with Crippen LogP contribution in [0.25, 0.3) is 22.2 Å². The van der Waals surface area contributed by atoms with E-state index >= 15 is 4.39 Å². The maximum absolute atomic E-state index is 15.5. The highest BCUT2D eigenvalue weighted by atomic mass is 32.2. The minimum absolute atomic E-state index is 0.0249. The molecular weight excluding hydrogens is 519 g/mol. The molecule has 4 aromatic rings. The maximum atomic E-state index is 15.5. The Morgan fingerprint density at radius 2 is 1.95 bits per heavy atom. The van der Waals surface area contributed by atoms with Crippen molar-refractivity contribution in [1.29, 1.82) is 0 Å². The number of halogens is 1. The van der Waals surface area contributed by atoms with Gasteiger partial charge in [-0.15, -0.1) is 0 Å². The Hall–Kier alpha value is -3.64. The van der Waals surface area contributed by atoms with Crippen LogP contribution in [-0.2, 0) is 9.84 Å². The second-order valence-electron chi connectivity index (χ2n) is 10.9. The van der Waals surface area contributed by atoms with Crippen molar-refractivity contribution in [3.8, 4) is 11.4 Å². The minimum atomic E-state index is -3.19. The van der Waals surface area contributed by atoms with E-state index in [1.807, 2.05) is 30.8 Å². The molecule has 0 amide bonds. The average Bonchev–Trinajstić information content (AvgIpc) is 3.62. The number of sulfone groups is 1. The van der Waals surface area contributed by atoms with E-state index in [9.17, 15) is 8.42 Å². The smallest absolute Gasteiger partial charge is 0.164 e. The van der Waals surface area contributed by atoms with Gasteiger partial charge in [-0.1, -0.05) is 13.8 Å². The highest BCUT2D eigenvalue weighted by Gasteiger charge is 2.40. The molecule has 0 spiro atoms. The fourth-order valence-corrected chi connectivity index (χ4v) is 6.28. The minimum Gasteiger partial charge on any atom is -0.352 e. The molecule has 1 aliphatic carbocycles. The summed E-state index contributed by atoms with van der Waals surface area (Å²) in [5, 5.41) is 9.16. The molecule has 10 nitrogen and oxygen atoms in total. The van der Waals surface area contributed by atoms with E-state index in [0.29, 0.717) is 41.1 Å². The first-order chi connectivity index (χ1) is 18.6. The van der Waals surface area contributed by atoms with Crippen LogP contribution < -0.4 is 16.0 Å². The van der Waals surface area contributed by atoms with Gasteiger partial charge in [-0.25, -0.2) is 27.8 Å². The second-order valence-corrected chi connectivity index (χ2v) is 13.1. The van der Waals surface area contributed by atoms with Crippen molar-refractivity contribution in [2.75, 3.05) is 28.8 Å². The number of nitrogens with one attached hydrogen (secondary N) is 1. The summed E-state index contributed by atoms with van der Waals surface area (Å²) in [6, 6.07) is 5.67. The van der Waals surface area contributed by atoms with Gasteiger partial charge in [-0.3, -0.25) is 4.68 Å². The van der Waals surface area contributed by atoms with E-state index < -0.39 is 21.8 Å². The number of aromatic nitrogens is 5. The molecule has 0 radical (unpaired) electrons. The molecule has 12 heteroatoms. The van der Waals surface area contributed by atoms with Gasteiger partial charge in [0.15, 0.2) is 5.82 Å². The van der Waals surface area contributed by atoms with Gasteiger partial charge >= 0.3 is 0 Å².